The Morgan fingerprint density at radius 1 is 1.12 bits per heavy atom. The fraction of sp³-hybridized carbons (Fsp3) is 0.278. The number of benzene rings is 2. The standard InChI is InChI=1S/C18H20N2O2S2/c1-4-18(2,3)13-5-8-15(9-6-13)24(21,22)20-14-7-10-16-17(11-14)23-12-19-16/h5-12,20H,4H2,1-3H3. The van der Waals surface area contributed by atoms with E-state index in [-0.39, 0.29) is 10.3 Å². The highest BCUT2D eigenvalue weighted by molar-refractivity contribution is 7.92. The minimum Gasteiger partial charge on any atom is -0.280 e. The highest BCUT2D eigenvalue weighted by Crippen LogP contribution is 2.28. The monoisotopic (exact) mass is 360 g/mol. The molecular formula is C18H20N2O2S2. The lowest BCUT2D eigenvalue weighted by Crippen LogP contribution is -2.16. The van der Waals surface area contributed by atoms with Crippen LogP contribution in [-0.2, 0) is 15.4 Å². The zero-order valence-electron chi connectivity index (χ0n) is 13.9. The zero-order valence-corrected chi connectivity index (χ0v) is 15.5. The molecule has 3 rings (SSSR count). The summed E-state index contributed by atoms with van der Waals surface area (Å²) in [6, 6.07) is 12.5. The highest BCUT2D eigenvalue weighted by atomic mass is 32.2. The molecule has 0 atom stereocenters. The molecule has 0 aliphatic rings. The maximum Gasteiger partial charge on any atom is 0.261 e. The third-order valence-corrected chi connectivity index (χ3v) is 6.60. The molecule has 0 saturated carbocycles. The fourth-order valence-corrected chi connectivity index (χ4v) is 4.19. The molecule has 24 heavy (non-hydrogen) atoms. The zero-order chi connectivity index (χ0) is 17.4. The van der Waals surface area contributed by atoms with Crippen LogP contribution < -0.4 is 4.72 Å². The average Bonchev–Trinajstić information content (AvgIpc) is 3.02. The summed E-state index contributed by atoms with van der Waals surface area (Å²) in [7, 11) is -3.60. The number of aromatic nitrogens is 1. The van der Waals surface area contributed by atoms with Crippen molar-refractivity contribution in [3.63, 3.8) is 0 Å². The number of anilines is 1. The fourth-order valence-electron chi connectivity index (χ4n) is 2.42. The maximum atomic E-state index is 12.6. The van der Waals surface area contributed by atoms with Crippen LogP contribution in [0.5, 0.6) is 0 Å². The Morgan fingerprint density at radius 2 is 1.83 bits per heavy atom. The van der Waals surface area contributed by atoms with Crippen molar-refractivity contribution in [2.75, 3.05) is 4.72 Å². The third kappa shape index (κ3) is 3.30. The number of thiazole rings is 1. The molecule has 126 valence electrons. The average molecular weight is 361 g/mol. The molecule has 0 aliphatic carbocycles. The van der Waals surface area contributed by atoms with Crippen molar-refractivity contribution >= 4 is 37.3 Å². The van der Waals surface area contributed by atoms with Gasteiger partial charge in [0.2, 0.25) is 0 Å². The lowest BCUT2D eigenvalue weighted by molar-refractivity contribution is 0.506. The highest BCUT2D eigenvalue weighted by Gasteiger charge is 2.20. The SMILES string of the molecule is CCC(C)(C)c1ccc(S(=O)(=O)Nc2ccc3ncsc3c2)cc1. The van der Waals surface area contributed by atoms with E-state index < -0.39 is 10.0 Å². The van der Waals surface area contributed by atoms with Crippen molar-refractivity contribution in [1.29, 1.82) is 0 Å². The molecule has 0 radical (unpaired) electrons. The normalized spacial score (nSPS) is 12.5. The van der Waals surface area contributed by atoms with E-state index in [2.05, 4.69) is 30.5 Å². The number of hydrogen-bond acceptors (Lipinski definition) is 4. The van der Waals surface area contributed by atoms with Crippen LogP contribution in [-0.4, -0.2) is 13.4 Å². The van der Waals surface area contributed by atoms with Crippen LogP contribution in [0.2, 0.25) is 0 Å². The van der Waals surface area contributed by atoms with Gasteiger partial charge in [-0.2, -0.15) is 0 Å². The molecule has 1 aromatic heterocycles. The summed E-state index contributed by atoms with van der Waals surface area (Å²) >= 11 is 1.48. The minimum atomic E-state index is -3.60. The van der Waals surface area contributed by atoms with Gasteiger partial charge < -0.3 is 0 Å². The molecule has 0 unspecified atom stereocenters. The number of hydrogen-bond donors (Lipinski definition) is 1. The molecule has 1 heterocycles. The Morgan fingerprint density at radius 3 is 2.50 bits per heavy atom. The Hall–Kier alpha value is -1.92. The summed E-state index contributed by atoms with van der Waals surface area (Å²) in [6.07, 6.45) is 0.992. The van der Waals surface area contributed by atoms with E-state index in [1.165, 1.54) is 11.3 Å². The van der Waals surface area contributed by atoms with Crippen LogP contribution in [0.3, 0.4) is 0 Å². The summed E-state index contributed by atoms with van der Waals surface area (Å²) in [5.41, 5.74) is 4.33. The first kappa shape index (κ1) is 16.9. The van der Waals surface area contributed by atoms with Crippen molar-refractivity contribution in [2.24, 2.45) is 0 Å². The van der Waals surface area contributed by atoms with E-state index in [1.54, 1.807) is 29.8 Å². The number of nitrogens with zero attached hydrogens (tertiary/aromatic N) is 1. The Balaban J connectivity index is 1.87. The van der Waals surface area contributed by atoms with Crippen molar-refractivity contribution in [3.05, 3.63) is 53.5 Å². The number of nitrogens with one attached hydrogen (secondary N) is 1. The molecule has 2 aromatic carbocycles. The van der Waals surface area contributed by atoms with Gasteiger partial charge >= 0.3 is 0 Å². The van der Waals surface area contributed by atoms with Gasteiger partial charge in [0.25, 0.3) is 10.0 Å². The molecule has 0 spiro atoms. The van der Waals surface area contributed by atoms with Crippen molar-refractivity contribution in [1.82, 2.24) is 4.98 Å². The van der Waals surface area contributed by atoms with E-state index in [4.69, 9.17) is 0 Å². The van der Waals surface area contributed by atoms with Crippen LogP contribution in [0.25, 0.3) is 10.2 Å². The molecule has 4 nitrogen and oxygen atoms in total. The second kappa shape index (κ2) is 6.18. The Labute approximate surface area is 146 Å². The molecule has 0 aliphatic heterocycles. The third-order valence-electron chi connectivity index (χ3n) is 4.41. The van der Waals surface area contributed by atoms with Gasteiger partial charge in [-0.1, -0.05) is 32.9 Å². The first-order valence-electron chi connectivity index (χ1n) is 7.78. The Bertz CT molecular complexity index is 958. The van der Waals surface area contributed by atoms with Gasteiger partial charge in [0, 0.05) is 0 Å². The molecule has 0 saturated heterocycles. The molecule has 0 bridgehead atoms. The summed E-state index contributed by atoms with van der Waals surface area (Å²) in [6.45, 7) is 6.43. The largest absolute Gasteiger partial charge is 0.280 e. The molecule has 0 fully saturated rings. The van der Waals surface area contributed by atoms with Crippen molar-refractivity contribution in [2.45, 2.75) is 37.5 Å². The second-order valence-electron chi connectivity index (χ2n) is 6.40. The number of rotatable bonds is 5. The van der Waals surface area contributed by atoms with Crippen LogP contribution in [0, 0.1) is 0 Å². The van der Waals surface area contributed by atoms with Gasteiger partial charge in [-0.15, -0.1) is 11.3 Å². The van der Waals surface area contributed by atoms with Gasteiger partial charge in [-0.05, 0) is 47.7 Å². The number of sulfonamides is 1. The van der Waals surface area contributed by atoms with Gasteiger partial charge in [0.05, 0.1) is 26.3 Å². The van der Waals surface area contributed by atoms with E-state index in [1.807, 2.05) is 18.2 Å². The quantitative estimate of drug-likeness (QED) is 0.712. The van der Waals surface area contributed by atoms with Gasteiger partial charge in [0.1, 0.15) is 0 Å². The predicted octanol–water partition coefficient (Wildman–Crippen LogP) is 4.78. The van der Waals surface area contributed by atoms with Crippen LogP contribution in [0.4, 0.5) is 5.69 Å². The predicted molar refractivity (Wildman–Crippen MR) is 100 cm³/mol. The summed E-state index contributed by atoms with van der Waals surface area (Å²) in [4.78, 5) is 4.46. The minimum absolute atomic E-state index is 0.0347. The van der Waals surface area contributed by atoms with Crippen LogP contribution in [0.15, 0.2) is 52.9 Å². The van der Waals surface area contributed by atoms with Crippen molar-refractivity contribution in [3.8, 4) is 0 Å². The van der Waals surface area contributed by atoms with Crippen LogP contribution >= 0.6 is 11.3 Å². The molecule has 0 amide bonds. The molecule has 1 N–H and O–H groups in total. The number of fused-ring (bicyclic) bond motifs is 1. The maximum absolute atomic E-state index is 12.6. The van der Waals surface area contributed by atoms with E-state index in [0.717, 1.165) is 22.2 Å². The smallest absolute Gasteiger partial charge is 0.261 e. The summed E-state index contributed by atoms with van der Waals surface area (Å²) in [5, 5.41) is 0. The summed E-state index contributed by atoms with van der Waals surface area (Å²) < 4.78 is 28.8. The van der Waals surface area contributed by atoms with Crippen LogP contribution in [0.1, 0.15) is 32.8 Å². The lowest BCUT2D eigenvalue weighted by atomic mass is 9.82. The summed E-state index contributed by atoms with van der Waals surface area (Å²) in [5.74, 6) is 0. The molecular weight excluding hydrogens is 340 g/mol. The van der Waals surface area contributed by atoms with Gasteiger partial charge in [-0.25, -0.2) is 13.4 Å². The topological polar surface area (TPSA) is 59.1 Å². The van der Waals surface area contributed by atoms with E-state index >= 15 is 0 Å². The first-order chi connectivity index (χ1) is 11.3. The van der Waals surface area contributed by atoms with Gasteiger partial charge in [0.15, 0.2) is 0 Å². The van der Waals surface area contributed by atoms with E-state index in [0.29, 0.717) is 5.69 Å². The first-order valence-corrected chi connectivity index (χ1v) is 10.1. The molecule has 3 aromatic rings. The molecule has 6 heteroatoms. The Kier molecular flexibility index (Phi) is 4.36. The lowest BCUT2D eigenvalue weighted by Gasteiger charge is -2.23. The van der Waals surface area contributed by atoms with Gasteiger partial charge in [-0.3, -0.25) is 4.72 Å². The van der Waals surface area contributed by atoms with E-state index in [9.17, 15) is 8.42 Å². The second-order valence-corrected chi connectivity index (χ2v) is 8.97. The van der Waals surface area contributed by atoms with Crippen molar-refractivity contribution < 1.29 is 8.42 Å².